The van der Waals surface area contributed by atoms with Crippen LogP contribution in [0.2, 0.25) is 0 Å². The molecule has 0 aromatic rings. The van der Waals surface area contributed by atoms with Crippen LogP contribution >= 0.6 is 0 Å². The van der Waals surface area contributed by atoms with Crippen molar-refractivity contribution in [2.75, 3.05) is 13.2 Å². The zero-order valence-corrected chi connectivity index (χ0v) is 12.2. The minimum absolute atomic E-state index is 0.276. The maximum atomic E-state index is 6.00. The average molecular weight is 241 g/mol. The SMILES string of the molecule is CC1CCC(OCCCC(C)(C)CN)CC1C. The summed E-state index contributed by atoms with van der Waals surface area (Å²) in [7, 11) is 0. The van der Waals surface area contributed by atoms with Crippen LogP contribution in [0.3, 0.4) is 0 Å². The van der Waals surface area contributed by atoms with Crippen molar-refractivity contribution < 1.29 is 4.74 Å². The van der Waals surface area contributed by atoms with Gasteiger partial charge < -0.3 is 10.5 Å². The second-order valence-corrected chi connectivity index (χ2v) is 6.73. The maximum Gasteiger partial charge on any atom is 0.0577 e. The molecule has 0 aromatic heterocycles. The molecule has 2 heteroatoms. The second-order valence-electron chi connectivity index (χ2n) is 6.73. The van der Waals surface area contributed by atoms with E-state index in [0.717, 1.165) is 31.4 Å². The van der Waals surface area contributed by atoms with E-state index in [-0.39, 0.29) is 5.41 Å². The Balaban J connectivity index is 2.11. The van der Waals surface area contributed by atoms with E-state index in [1.54, 1.807) is 0 Å². The van der Waals surface area contributed by atoms with Crippen LogP contribution in [0.15, 0.2) is 0 Å². The molecule has 1 rings (SSSR count). The number of ether oxygens (including phenoxy) is 1. The van der Waals surface area contributed by atoms with E-state index >= 15 is 0 Å². The van der Waals surface area contributed by atoms with Crippen LogP contribution in [-0.4, -0.2) is 19.3 Å². The first kappa shape index (κ1) is 15.0. The summed E-state index contributed by atoms with van der Waals surface area (Å²) in [4.78, 5) is 0. The molecule has 17 heavy (non-hydrogen) atoms. The summed E-state index contributed by atoms with van der Waals surface area (Å²) in [5.41, 5.74) is 6.00. The third-order valence-electron chi connectivity index (χ3n) is 4.45. The normalized spacial score (nSPS) is 30.5. The van der Waals surface area contributed by atoms with Gasteiger partial charge in [-0.05, 0) is 55.9 Å². The number of hydrogen-bond acceptors (Lipinski definition) is 2. The summed E-state index contributed by atoms with van der Waals surface area (Å²) in [6.45, 7) is 10.9. The number of nitrogens with two attached hydrogens (primary N) is 1. The van der Waals surface area contributed by atoms with E-state index in [1.807, 2.05) is 0 Å². The van der Waals surface area contributed by atoms with Crippen molar-refractivity contribution >= 4 is 0 Å². The molecule has 0 aliphatic heterocycles. The van der Waals surface area contributed by atoms with E-state index in [0.29, 0.717) is 6.10 Å². The molecule has 1 fully saturated rings. The van der Waals surface area contributed by atoms with Gasteiger partial charge in [0, 0.05) is 6.61 Å². The van der Waals surface area contributed by atoms with Crippen LogP contribution in [0.1, 0.15) is 59.8 Å². The highest BCUT2D eigenvalue weighted by Gasteiger charge is 2.25. The van der Waals surface area contributed by atoms with Crippen LogP contribution in [0.4, 0.5) is 0 Å². The lowest BCUT2D eigenvalue weighted by Crippen LogP contribution is -2.28. The van der Waals surface area contributed by atoms with Gasteiger partial charge in [0.15, 0.2) is 0 Å². The van der Waals surface area contributed by atoms with Crippen molar-refractivity contribution in [3.63, 3.8) is 0 Å². The molecule has 1 aliphatic rings. The Morgan fingerprint density at radius 3 is 2.47 bits per heavy atom. The zero-order valence-electron chi connectivity index (χ0n) is 12.2. The van der Waals surface area contributed by atoms with Gasteiger partial charge in [-0.1, -0.05) is 27.7 Å². The molecule has 0 aromatic carbocycles. The van der Waals surface area contributed by atoms with E-state index in [9.17, 15) is 0 Å². The highest BCUT2D eigenvalue weighted by atomic mass is 16.5. The molecule has 2 N–H and O–H groups in total. The van der Waals surface area contributed by atoms with Crippen molar-refractivity contribution in [1.29, 1.82) is 0 Å². The fourth-order valence-corrected chi connectivity index (χ4v) is 2.55. The first-order chi connectivity index (χ1) is 7.94. The molecule has 0 amide bonds. The molecule has 0 bridgehead atoms. The molecule has 1 saturated carbocycles. The van der Waals surface area contributed by atoms with Crippen molar-refractivity contribution in [2.24, 2.45) is 23.0 Å². The zero-order chi connectivity index (χ0) is 12.9. The quantitative estimate of drug-likeness (QED) is 0.721. The van der Waals surface area contributed by atoms with Gasteiger partial charge in [-0.15, -0.1) is 0 Å². The molecule has 3 unspecified atom stereocenters. The van der Waals surface area contributed by atoms with Crippen molar-refractivity contribution in [3.8, 4) is 0 Å². The third-order valence-corrected chi connectivity index (χ3v) is 4.45. The predicted octanol–water partition coefficient (Wildman–Crippen LogP) is 3.59. The summed E-state index contributed by atoms with van der Waals surface area (Å²) in [6.07, 6.45) is 6.67. The topological polar surface area (TPSA) is 35.2 Å². The molecule has 2 nitrogen and oxygen atoms in total. The van der Waals surface area contributed by atoms with Crippen LogP contribution in [0, 0.1) is 17.3 Å². The van der Waals surface area contributed by atoms with E-state index in [4.69, 9.17) is 10.5 Å². The molecule has 1 aliphatic carbocycles. The second kappa shape index (κ2) is 6.75. The van der Waals surface area contributed by atoms with Crippen LogP contribution in [-0.2, 0) is 4.74 Å². The monoisotopic (exact) mass is 241 g/mol. The summed E-state index contributed by atoms with van der Waals surface area (Å²) < 4.78 is 6.00. The number of rotatable bonds is 6. The molecule has 0 heterocycles. The lowest BCUT2D eigenvalue weighted by atomic mass is 9.80. The average Bonchev–Trinajstić information content (AvgIpc) is 2.29. The Kier molecular flexibility index (Phi) is 5.94. The Hall–Kier alpha value is -0.0800. The van der Waals surface area contributed by atoms with Crippen molar-refractivity contribution in [3.05, 3.63) is 0 Å². The maximum absolute atomic E-state index is 6.00. The van der Waals surface area contributed by atoms with Crippen LogP contribution in [0.5, 0.6) is 0 Å². The Labute approximate surface area is 107 Å². The van der Waals surface area contributed by atoms with Gasteiger partial charge >= 0.3 is 0 Å². The Morgan fingerprint density at radius 2 is 1.88 bits per heavy atom. The molecule has 0 spiro atoms. The summed E-state index contributed by atoms with van der Waals surface area (Å²) in [5.74, 6) is 1.71. The minimum atomic E-state index is 0.276. The predicted molar refractivity (Wildman–Crippen MR) is 74.0 cm³/mol. The smallest absolute Gasteiger partial charge is 0.0577 e. The van der Waals surface area contributed by atoms with Crippen molar-refractivity contribution in [1.82, 2.24) is 0 Å². The first-order valence-electron chi connectivity index (χ1n) is 7.26. The highest BCUT2D eigenvalue weighted by Crippen LogP contribution is 2.31. The van der Waals surface area contributed by atoms with Crippen molar-refractivity contribution in [2.45, 2.75) is 65.9 Å². The largest absolute Gasteiger partial charge is 0.378 e. The molecule has 3 atom stereocenters. The molecular formula is C15H31NO. The molecular weight excluding hydrogens is 210 g/mol. The van der Waals surface area contributed by atoms with Gasteiger partial charge in [0.05, 0.1) is 6.10 Å². The fourth-order valence-electron chi connectivity index (χ4n) is 2.55. The number of hydrogen-bond donors (Lipinski definition) is 1. The van der Waals surface area contributed by atoms with Gasteiger partial charge in [0.25, 0.3) is 0 Å². The van der Waals surface area contributed by atoms with E-state index in [2.05, 4.69) is 27.7 Å². The highest BCUT2D eigenvalue weighted by molar-refractivity contribution is 4.76. The standard InChI is InChI=1S/C15H31NO/c1-12-6-7-14(10-13(12)2)17-9-5-8-15(3,4)11-16/h12-14H,5-11,16H2,1-4H3. The van der Waals surface area contributed by atoms with Gasteiger partial charge in [0.1, 0.15) is 0 Å². The molecule has 0 saturated heterocycles. The van der Waals surface area contributed by atoms with Gasteiger partial charge in [-0.3, -0.25) is 0 Å². The minimum Gasteiger partial charge on any atom is -0.378 e. The fraction of sp³-hybridized carbons (Fsp3) is 1.00. The van der Waals surface area contributed by atoms with Crippen LogP contribution < -0.4 is 5.73 Å². The Bertz CT molecular complexity index is 215. The van der Waals surface area contributed by atoms with Gasteiger partial charge in [-0.25, -0.2) is 0 Å². The lowest BCUT2D eigenvalue weighted by molar-refractivity contribution is -0.00130. The van der Waals surface area contributed by atoms with Gasteiger partial charge in [-0.2, -0.15) is 0 Å². The third kappa shape index (κ3) is 5.39. The Morgan fingerprint density at radius 1 is 1.18 bits per heavy atom. The molecule has 102 valence electrons. The van der Waals surface area contributed by atoms with E-state index in [1.165, 1.54) is 25.7 Å². The van der Waals surface area contributed by atoms with Gasteiger partial charge in [0.2, 0.25) is 0 Å². The summed E-state index contributed by atoms with van der Waals surface area (Å²) >= 11 is 0. The molecule has 0 radical (unpaired) electrons. The van der Waals surface area contributed by atoms with E-state index < -0.39 is 0 Å². The lowest BCUT2D eigenvalue weighted by Gasteiger charge is -2.32. The van der Waals surface area contributed by atoms with Crippen LogP contribution in [0.25, 0.3) is 0 Å². The first-order valence-corrected chi connectivity index (χ1v) is 7.26. The summed E-state index contributed by atoms with van der Waals surface area (Å²) in [6, 6.07) is 0. The summed E-state index contributed by atoms with van der Waals surface area (Å²) in [5, 5.41) is 0.